The Kier molecular flexibility index (Phi) is 3.85. The van der Waals surface area contributed by atoms with E-state index in [-0.39, 0.29) is 5.91 Å². The van der Waals surface area contributed by atoms with E-state index < -0.39 is 0 Å². The van der Waals surface area contributed by atoms with Crippen molar-refractivity contribution >= 4 is 22.6 Å². The third-order valence-corrected chi connectivity index (χ3v) is 4.84. The summed E-state index contributed by atoms with van der Waals surface area (Å²) in [6.45, 7) is 2.73. The molecule has 0 bridgehead atoms. The summed E-state index contributed by atoms with van der Waals surface area (Å²) in [7, 11) is 0. The van der Waals surface area contributed by atoms with Gasteiger partial charge in [0.25, 0.3) is 5.91 Å². The monoisotopic (exact) mass is 374 g/mol. The first kappa shape index (κ1) is 16.5. The van der Waals surface area contributed by atoms with E-state index >= 15 is 0 Å². The van der Waals surface area contributed by atoms with E-state index in [2.05, 4.69) is 31.2 Å². The molecule has 2 heterocycles. The number of aryl methyl sites for hydroxylation is 1. The first-order chi connectivity index (χ1) is 13.7. The SMILES string of the molecule is CCn1nnc2cc(C(=O)Nc3cccc(-c4nnnn4C4CC4)c3)ccc21. The Morgan fingerprint density at radius 2 is 2.04 bits per heavy atom. The second kappa shape index (κ2) is 6.52. The number of rotatable bonds is 5. The van der Waals surface area contributed by atoms with Crippen LogP contribution in [0.2, 0.25) is 0 Å². The number of anilines is 1. The standard InChI is InChI=1S/C19H18N8O/c1-2-26-17-9-6-13(11-16(17)21-24-26)19(28)20-14-5-3-4-12(10-14)18-22-23-25-27(18)15-7-8-15/h3-6,9-11,15H,2,7-8H2,1H3,(H,20,28). The Labute approximate surface area is 160 Å². The summed E-state index contributed by atoms with van der Waals surface area (Å²) in [6.07, 6.45) is 2.19. The maximum Gasteiger partial charge on any atom is 0.255 e. The van der Waals surface area contributed by atoms with Gasteiger partial charge in [0, 0.05) is 23.4 Å². The molecule has 9 heteroatoms. The molecule has 1 saturated carbocycles. The fraction of sp³-hybridized carbons (Fsp3) is 0.263. The molecule has 0 atom stereocenters. The van der Waals surface area contributed by atoms with Gasteiger partial charge in [-0.2, -0.15) is 0 Å². The maximum atomic E-state index is 12.7. The second-order valence-corrected chi connectivity index (χ2v) is 6.82. The topological polar surface area (TPSA) is 103 Å². The van der Waals surface area contributed by atoms with Crippen LogP contribution in [0.4, 0.5) is 5.69 Å². The molecule has 9 nitrogen and oxygen atoms in total. The van der Waals surface area contributed by atoms with Gasteiger partial charge in [-0.25, -0.2) is 9.36 Å². The van der Waals surface area contributed by atoms with Crippen LogP contribution in [0.5, 0.6) is 0 Å². The van der Waals surface area contributed by atoms with E-state index in [9.17, 15) is 4.79 Å². The van der Waals surface area contributed by atoms with Crippen molar-refractivity contribution in [1.29, 1.82) is 0 Å². The number of tetrazole rings is 1. The average molecular weight is 374 g/mol. The fourth-order valence-electron chi connectivity index (χ4n) is 3.23. The van der Waals surface area contributed by atoms with Crippen molar-refractivity contribution < 1.29 is 4.79 Å². The number of amides is 1. The summed E-state index contributed by atoms with van der Waals surface area (Å²) in [4.78, 5) is 12.7. The van der Waals surface area contributed by atoms with E-state index in [0.29, 0.717) is 22.8 Å². The van der Waals surface area contributed by atoms with Crippen LogP contribution in [0.3, 0.4) is 0 Å². The van der Waals surface area contributed by atoms with Gasteiger partial charge < -0.3 is 5.32 Å². The predicted octanol–water partition coefficient (Wildman–Crippen LogP) is 2.69. The molecule has 4 aromatic rings. The number of fused-ring (bicyclic) bond motifs is 1. The smallest absolute Gasteiger partial charge is 0.255 e. The number of aromatic nitrogens is 7. The van der Waals surface area contributed by atoms with Gasteiger partial charge in [-0.05, 0) is 60.5 Å². The molecule has 0 radical (unpaired) electrons. The van der Waals surface area contributed by atoms with E-state index in [0.717, 1.165) is 36.3 Å². The second-order valence-electron chi connectivity index (χ2n) is 6.82. The lowest BCUT2D eigenvalue weighted by Crippen LogP contribution is -2.12. The van der Waals surface area contributed by atoms with Crippen LogP contribution in [0.25, 0.3) is 22.4 Å². The summed E-state index contributed by atoms with van der Waals surface area (Å²) in [6, 6.07) is 13.3. The lowest BCUT2D eigenvalue weighted by molar-refractivity contribution is 0.102. The fourth-order valence-corrected chi connectivity index (χ4v) is 3.23. The molecular weight excluding hydrogens is 356 g/mol. The van der Waals surface area contributed by atoms with Crippen LogP contribution in [0.1, 0.15) is 36.2 Å². The van der Waals surface area contributed by atoms with Gasteiger partial charge in [0.1, 0.15) is 5.52 Å². The van der Waals surface area contributed by atoms with E-state index in [4.69, 9.17) is 0 Å². The van der Waals surface area contributed by atoms with Gasteiger partial charge in [0.15, 0.2) is 5.82 Å². The van der Waals surface area contributed by atoms with Gasteiger partial charge in [-0.1, -0.05) is 17.3 Å². The molecule has 0 unspecified atom stereocenters. The average Bonchev–Trinajstić information content (AvgIpc) is 3.29. The summed E-state index contributed by atoms with van der Waals surface area (Å²) in [5.74, 6) is 0.517. The quantitative estimate of drug-likeness (QED) is 0.576. The van der Waals surface area contributed by atoms with Crippen molar-refractivity contribution in [3.8, 4) is 11.4 Å². The lowest BCUT2D eigenvalue weighted by Gasteiger charge is -2.08. The number of benzene rings is 2. The molecule has 28 heavy (non-hydrogen) atoms. The molecule has 1 aliphatic rings. The van der Waals surface area contributed by atoms with E-state index in [1.807, 2.05) is 41.9 Å². The highest BCUT2D eigenvalue weighted by Gasteiger charge is 2.28. The molecule has 1 amide bonds. The zero-order chi connectivity index (χ0) is 19.1. The molecule has 0 spiro atoms. The molecule has 0 saturated heterocycles. The highest BCUT2D eigenvalue weighted by Crippen LogP contribution is 2.36. The molecule has 2 aromatic carbocycles. The van der Waals surface area contributed by atoms with Crippen LogP contribution in [-0.2, 0) is 6.54 Å². The molecule has 1 fully saturated rings. The van der Waals surface area contributed by atoms with Crippen molar-refractivity contribution in [2.45, 2.75) is 32.4 Å². The molecule has 140 valence electrons. The minimum absolute atomic E-state index is 0.202. The summed E-state index contributed by atoms with van der Waals surface area (Å²) >= 11 is 0. The first-order valence-corrected chi connectivity index (χ1v) is 9.26. The largest absolute Gasteiger partial charge is 0.322 e. The van der Waals surface area contributed by atoms with Crippen LogP contribution < -0.4 is 5.32 Å². The molecule has 2 aromatic heterocycles. The Morgan fingerprint density at radius 3 is 2.86 bits per heavy atom. The van der Waals surface area contributed by atoms with Gasteiger partial charge in [0.2, 0.25) is 0 Å². The van der Waals surface area contributed by atoms with Crippen LogP contribution in [-0.4, -0.2) is 41.1 Å². The number of carbonyl (C=O) groups excluding carboxylic acids is 1. The summed E-state index contributed by atoms with van der Waals surface area (Å²) in [5.41, 5.74) is 3.70. The van der Waals surface area contributed by atoms with Crippen molar-refractivity contribution in [3.63, 3.8) is 0 Å². The molecule has 1 N–H and O–H groups in total. The Balaban J connectivity index is 1.40. The van der Waals surface area contributed by atoms with E-state index in [1.165, 1.54) is 0 Å². The molecule has 5 rings (SSSR count). The zero-order valence-corrected chi connectivity index (χ0v) is 15.3. The van der Waals surface area contributed by atoms with Crippen molar-refractivity contribution in [2.75, 3.05) is 5.32 Å². The predicted molar refractivity (Wildman–Crippen MR) is 103 cm³/mol. The minimum Gasteiger partial charge on any atom is -0.322 e. The van der Waals surface area contributed by atoms with E-state index in [1.54, 1.807) is 16.8 Å². The van der Waals surface area contributed by atoms with Gasteiger partial charge >= 0.3 is 0 Å². The maximum absolute atomic E-state index is 12.7. The first-order valence-electron chi connectivity index (χ1n) is 9.26. The number of carbonyl (C=O) groups is 1. The highest BCUT2D eigenvalue weighted by molar-refractivity contribution is 6.06. The number of hydrogen-bond donors (Lipinski definition) is 1. The van der Waals surface area contributed by atoms with Gasteiger partial charge in [-0.3, -0.25) is 4.79 Å². The Morgan fingerprint density at radius 1 is 1.14 bits per heavy atom. The molecule has 1 aliphatic carbocycles. The zero-order valence-electron chi connectivity index (χ0n) is 15.3. The van der Waals surface area contributed by atoms with Crippen LogP contribution >= 0.6 is 0 Å². The molecule has 0 aliphatic heterocycles. The third kappa shape index (κ3) is 2.90. The number of nitrogens with zero attached hydrogens (tertiary/aromatic N) is 7. The minimum atomic E-state index is -0.202. The van der Waals surface area contributed by atoms with Crippen LogP contribution in [0, 0.1) is 0 Å². The summed E-state index contributed by atoms with van der Waals surface area (Å²) in [5, 5.41) is 23.2. The molecular formula is C19H18N8O. The highest BCUT2D eigenvalue weighted by atomic mass is 16.1. The third-order valence-electron chi connectivity index (χ3n) is 4.84. The van der Waals surface area contributed by atoms with Crippen molar-refractivity contribution in [3.05, 3.63) is 48.0 Å². The normalized spacial score (nSPS) is 13.8. The van der Waals surface area contributed by atoms with Crippen molar-refractivity contribution in [2.24, 2.45) is 0 Å². The lowest BCUT2D eigenvalue weighted by atomic mass is 10.1. The van der Waals surface area contributed by atoms with Crippen LogP contribution in [0.15, 0.2) is 42.5 Å². The number of hydrogen-bond acceptors (Lipinski definition) is 6. The number of nitrogens with one attached hydrogen (secondary N) is 1. The Bertz CT molecular complexity index is 1170. The van der Waals surface area contributed by atoms with Crippen molar-refractivity contribution in [1.82, 2.24) is 35.2 Å². The van der Waals surface area contributed by atoms with Gasteiger partial charge in [-0.15, -0.1) is 10.2 Å². The summed E-state index contributed by atoms with van der Waals surface area (Å²) < 4.78 is 3.65. The van der Waals surface area contributed by atoms with Gasteiger partial charge in [0.05, 0.1) is 11.6 Å². The Hall–Kier alpha value is -3.62.